The highest BCUT2D eigenvalue weighted by Gasteiger charge is 2.06. The highest BCUT2D eigenvalue weighted by Crippen LogP contribution is 2.24. The summed E-state index contributed by atoms with van der Waals surface area (Å²) in [5, 5.41) is 17.4. The Hall–Kier alpha value is -2.28. The summed E-state index contributed by atoms with van der Waals surface area (Å²) in [7, 11) is 1.47. The van der Waals surface area contributed by atoms with Crippen LogP contribution in [0.4, 0.5) is 0 Å². The number of carboxylic acids is 1. The van der Waals surface area contributed by atoms with E-state index in [0.717, 1.165) is 11.6 Å². The van der Waals surface area contributed by atoms with Gasteiger partial charge in [-0.2, -0.15) is 5.26 Å². The first-order chi connectivity index (χ1) is 7.58. The number of nitriles is 1. The van der Waals surface area contributed by atoms with Gasteiger partial charge in [-0.05, 0) is 30.2 Å². The normalized spacial score (nSPS) is 10.1. The Morgan fingerprint density at radius 1 is 1.56 bits per heavy atom. The number of hydrogen-bond acceptors (Lipinski definition) is 3. The van der Waals surface area contributed by atoms with Crippen molar-refractivity contribution in [3.8, 4) is 11.8 Å². The summed E-state index contributed by atoms with van der Waals surface area (Å²) in [6, 6.07) is 5.41. The lowest BCUT2D eigenvalue weighted by atomic mass is 10.0. The molecule has 0 aliphatic rings. The highest BCUT2D eigenvalue weighted by atomic mass is 16.5. The molecule has 0 radical (unpaired) electrons. The van der Waals surface area contributed by atoms with Crippen LogP contribution in [-0.2, 0) is 4.79 Å². The van der Waals surface area contributed by atoms with Crippen LogP contribution in [0.25, 0.3) is 6.08 Å². The van der Waals surface area contributed by atoms with Crippen LogP contribution in [0.15, 0.2) is 18.2 Å². The third-order valence-corrected chi connectivity index (χ3v) is 2.07. The maximum atomic E-state index is 10.4. The Balaban J connectivity index is 3.22. The monoisotopic (exact) mass is 217 g/mol. The van der Waals surface area contributed by atoms with Crippen LogP contribution in [0, 0.1) is 18.3 Å². The minimum atomic E-state index is -1.01. The maximum Gasteiger partial charge on any atom is 0.328 e. The number of rotatable bonds is 3. The molecule has 82 valence electrons. The minimum Gasteiger partial charge on any atom is -0.495 e. The van der Waals surface area contributed by atoms with Crippen LogP contribution < -0.4 is 4.74 Å². The van der Waals surface area contributed by atoms with Crippen LogP contribution >= 0.6 is 0 Å². The van der Waals surface area contributed by atoms with Gasteiger partial charge >= 0.3 is 5.97 Å². The van der Waals surface area contributed by atoms with Crippen LogP contribution in [0.2, 0.25) is 0 Å². The molecule has 0 spiro atoms. The van der Waals surface area contributed by atoms with E-state index in [4.69, 9.17) is 15.1 Å². The zero-order valence-electron chi connectivity index (χ0n) is 9.02. The van der Waals surface area contributed by atoms with Gasteiger partial charge in [0.25, 0.3) is 0 Å². The number of ether oxygens (including phenoxy) is 1. The second-order valence-corrected chi connectivity index (χ2v) is 3.20. The Morgan fingerprint density at radius 2 is 2.25 bits per heavy atom. The smallest absolute Gasteiger partial charge is 0.328 e. The van der Waals surface area contributed by atoms with Gasteiger partial charge in [0.2, 0.25) is 0 Å². The first-order valence-electron chi connectivity index (χ1n) is 4.58. The number of hydrogen-bond donors (Lipinski definition) is 1. The summed E-state index contributed by atoms with van der Waals surface area (Å²) >= 11 is 0. The first kappa shape index (κ1) is 11.8. The number of benzene rings is 1. The quantitative estimate of drug-likeness (QED) is 0.786. The molecule has 4 heteroatoms. The molecule has 0 amide bonds. The van der Waals surface area contributed by atoms with Crippen molar-refractivity contribution in [1.82, 2.24) is 0 Å². The van der Waals surface area contributed by atoms with Gasteiger partial charge in [0.15, 0.2) is 0 Å². The zero-order chi connectivity index (χ0) is 12.1. The third kappa shape index (κ3) is 2.61. The Morgan fingerprint density at radius 3 is 2.75 bits per heavy atom. The van der Waals surface area contributed by atoms with Gasteiger partial charge < -0.3 is 9.84 Å². The van der Waals surface area contributed by atoms with Gasteiger partial charge in [0.1, 0.15) is 11.8 Å². The van der Waals surface area contributed by atoms with E-state index >= 15 is 0 Å². The zero-order valence-corrected chi connectivity index (χ0v) is 9.02. The van der Waals surface area contributed by atoms with Crippen LogP contribution in [0.1, 0.15) is 16.7 Å². The lowest BCUT2D eigenvalue weighted by molar-refractivity contribution is -0.131. The second kappa shape index (κ2) is 4.99. The molecule has 0 aliphatic heterocycles. The third-order valence-electron chi connectivity index (χ3n) is 2.07. The average molecular weight is 217 g/mol. The van der Waals surface area contributed by atoms with E-state index in [1.807, 2.05) is 6.07 Å². The predicted octanol–water partition coefficient (Wildman–Crippen LogP) is 1.97. The summed E-state index contributed by atoms with van der Waals surface area (Å²) in [4.78, 5) is 10.4. The maximum absolute atomic E-state index is 10.4. The van der Waals surface area contributed by atoms with E-state index in [1.54, 1.807) is 19.1 Å². The predicted molar refractivity (Wildman–Crippen MR) is 59.1 cm³/mol. The molecule has 0 atom stereocenters. The van der Waals surface area contributed by atoms with E-state index in [1.165, 1.54) is 13.2 Å². The summed E-state index contributed by atoms with van der Waals surface area (Å²) in [6.45, 7) is 1.78. The molecule has 0 bridgehead atoms. The van der Waals surface area contributed by atoms with Gasteiger partial charge in [-0.1, -0.05) is 6.07 Å². The van der Waals surface area contributed by atoms with Gasteiger partial charge in [-0.3, -0.25) is 0 Å². The van der Waals surface area contributed by atoms with E-state index in [9.17, 15) is 4.79 Å². The minimum absolute atomic E-state index is 0.451. The standard InChI is InChI=1S/C12H11NO3/c1-8-5-9(3-4-12(14)15)6-11(16-2)10(8)7-13/h3-6H,1-2H3,(H,14,15)/b4-3+. The summed E-state index contributed by atoms with van der Waals surface area (Å²) in [5.74, 6) is -0.562. The van der Waals surface area contributed by atoms with Crippen molar-refractivity contribution in [2.24, 2.45) is 0 Å². The molecule has 0 saturated carbocycles. The number of aryl methyl sites for hydroxylation is 1. The molecule has 1 rings (SSSR count). The van der Waals surface area contributed by atoms with Gasteiger partial charge in [0, 0.05) is 6.08 Å². The van der Waals surface area contributed by atoms with Gasteiger partial charge in [-0.15, -0.1) is 0 Å². The summed E-state index contributed by atoms with van der Waals surface area (Å²) < 4.78 is 5.06. The molecule has 4 nitrogen and oxygen atoms in total. The van der Waals surface area contributed by atoms with Gasteiger partial charge in [0.05, 0.1) is 12.7 Å². The van der Waals surface area contributed by atoms with Crippen LogP contribution in [-0.4, -0.2) is 18.2 Å². The number of carboxylic acid groups (broad SMARTS) is 1. The summed E-state index contributed by atoms with van der Waals surface area (Å²) in [5.41, 5.74) is 1.91. The topological polar surface area (TPSA) is 70.3 Å². The average Bonchev–Trinajstić information content (AvgIpc) is 2.25. The summed E-state index contributed by atoms with van der Waals surface area (Å²) in [6.07, 6.45) is 2.50. The van der Waals surface area contributed by atoms with Gasteiger partial charge in [-0.25, -0.2) is 4.79 Å². The fourth-order valence-corrected chi connectivity index (χ4v) is 1.35. The lowest BCUT2D eigenvalue weighted by Crippen LogP contribution is -1.93. The fraction of sp³-hybridized carbons (Fsp3) is 0.167. The fourth-order valence-electron chi connectivity index (χ4n) is 1.35. The lowest BCUT2D eigenvalue weighted by Gasteiger charge is -2.06. The molecular formula is C12H11NO3. The molecule has 1 N–H and O–H groups in total. The van der Waals surface area contributed by atoms with Crippen molar-refractivity contribution < 1.29 is 14.6 Å². The number of carbonyl (C=O) groups is 1. The molecule has 0 aromatic heterocycles. The van der Waals surface area contributed by atoms with Crippen molar-refractivity contribution >= 4 is 12.0 Å². The van der Waals surface area contributed by atoms with Crippen molar-refractivity contribution in [1.29, 1.82) is 5.26 Å². The van der Waals surface area contributed by atoms with E-state index in [2.05, 4.69) is 0 Å². The molecule has 0 heterocycles. The van der Waals surface area contributed by atoms with Crippen molar-refractivity contribution in [2.75, 3.05) is 7.11 Å². The van der Waals surface area contributed by atoms with E-state index in [0.29, 0.717) is 16.9 Å². The molecule has 0 unspecified atom stereocenters. The largest absolute Gasteiger partial charge is 0.495 e. The first-order valence-corrected chi connectivity index (χ1v) is 4.58. The Kier molecular flexibility index (Phi) is 3.67. The SMILES string of the molecule is COc1cc(/C=C/C(=O)O)cc(C)c1C#N. The molecule has 0 aliphatic carbocycles. The van der Waals surface area contributed by atoms with Crippen molar-refractivity contribution in [2.45, 2.75) is 6.92 Å². The molecule has 16 heavy (non-hydrogen) atoms. The van der Waals surface area contributed by atoms with Crippen molar-refractivity contribution in [3.05, 3.63) is 34.9 Å². The highest BCUT2D eigenvalue weighted by molar-refractivity contribution is 5.85. The Labute approximate surface area is 93.4 Å². The van der Waals surface area contributed by atoms with E-state index in [-0.39, 0.29) is 0 Å². The molecule has 1 aromatic rings. The molecular weight excluding hydrogens is 206 g/mol. The van der Waals surface area contributed by atoms with Crippen LogP contribution in [0.3, 0.4) is 0 Å². The molecule has 0 fully saturated rings. The Bertz CT molecular complexity index is 484. The molecule has 1 aromatic carbocycles. The van der Waals surface area contributed by atoms with E-state index < -0.39 is 5.97 Å². The number of aliphatic carboxylic acids is 1. The van der Waals surface area contributed by atoms with Crippen LogP contribution in [0.5, 0.6) is 5.75 Å². The molecule has 0 saturated heterocycles. The van der Waals surface area contributed by atoms with Crippen molar-refractivity contribution in [3.63, 3.8) is 0 Å². The number of nitrogens with zero attached hydrogens (tertiary/aromatic N) is 1. The number of methoxy groups -OCH3 is 1. The second-order valence-electron chi connectivity index (χ2n) is 3.20.